The van der Waals surface area contributed by atoms with Crippen LogP contribution in [0.25, 0.3) is 0 Å². The molecule has 0 radical (unpaired) electrons. The number of fused-ring (bicyclic) bond motifs is 2. The largest absolute Gasteiger partial charge is 0.344 e. The Morgan fingerprint density at radius 3 is 1.53 bits per heavy atom. The fourth-order valence-corrected chi connectivity index (χ4v) is 4.15. The Morgan fingerprint density at radius 2 is 1.10 bits per heavy atom. The minimum atomic E-state index is -0.697. The molecule has 4 rings (SSSR count). The number of carbonyl (C=O) groups excluding carboxylic acids is 4. The predicted molar refractivity (Wildman–Crippen MR) is 111 cm³/mol. The molecule has 6 nitrogen and oxygen atoms in total. The van der Waals surface area contributed by atoms with Crippen molar-refractivity contribution in [3.05, 3.63) is 69.8 Å². The maximum atomic E-state index is 12.1. The molecule has 2 aromatic carbocycles. The van der Waals surface area contributed by atoms with Gasteiger partial charge in [-0.3, -0.25) is 19.2 Å². The van der Waals surface area contributed by atoms with E-state index in [0.717, 1.165) is 59.1 Å². The van der Waals surface area contributed by atoms with Gasteiger partial charge in [0.1, 0.15) is 0 Å². The molecule has 0 saturated carbocycles. The summed E-state index contributed by atoms with van der Waals surface area (Å²) in [4.78, 5) is 48.1. The zero-order valence-electron chi connectivity index (χ0n) is 16.8. The summed E-state index contributed by atoms with van der Waals surface area (Å²) in [6, 6.07) is 11.1. The van der Waals surface area contributed by atoms with Crippen molar-refractivity contribution in [2.45, 2.75) is 51.6 Å². The molecule has 0 bridgehead atoms. The SMILES string of the molecule is O=C(NCc1ccc2c(c1)CCCC2=O)C(=O)NCc1ccc2c(c1)CCCC2=O. The second kappa shape index (κ2) is 8.61. The van der Waals surface area contributed by atoms with E-state index in [4.69, 9.17) is 0 Å². The highest BCUT2D eigenvalue weighted by molar-refractivity contribution is 6.35. The first-order valence-electron chi connectivity index (χ1n) is 10.4. The van der Waals surface area contributed by atoms with Crippen LogP contribution in [-0.4, -0.2) is 23.4 Å². The average Bonchev–Trinajstić information content (AvgIpc) is 2.76. The lowest BCUT2D eigenvalue weighted by atomic mass is 9.89. The lowest BCUT2D eigenvalue weighted by molar-refractivity contribution is -0.139. The second-order valence-electron chi connectivity index (χ2n) is 7.90. The molecular weight excluding hydrogens is 380 g/mol. The standard InChI is InChI=1S/C24H24N2O4/c27-21-5-1-3-17-11-15(7-9-19(17)21)13-25-23(29)24(30)26-14-16-8-10-20-18(12-16)4-2-6-22(20)28/h7-12H,1-6,13-14H2,(H,25,29)(H,26,30). The van der Waals surface area contributed by atoms with Crippen LogP contribution in [0.2, 0.25) is 0 Å². The molecule has 0 spiro atoms. The van der Waals surface area contributed by atoms with E-state index in [9.17, 15) is 19.2 Å². The predicted octanol–water partition coefficient (Wildman–Crippen LogP) is 2.66. The van der Waals surface area contributed by atoms with Gasteiger partial charge in [0.05, 0.1) is 0 Å². The van der Waals surface area contributed by atoms with Crippen molar-refractivity contribution >= 4 is 23.4 Å². The van der Waals surface area contributed by atoms with Crippen molar-refractivity contribution in [1.82, 2.24) is 10.6 Å². The maximum Gasteiger partial charge on any atom is 0.309 e. The zero-order valence-corrected chi connectivity index (χ0v) is 16.8. The molecule has 0 fully saturated rings. The number of rotatable bonds is 4. The molecule has 0 atom stereocenters. The van der Waals surface area contributed by atoms with Crippen molar-refractivity contribution < 1.29 is 19.2 Å². The monoisotopic (exact) mass is 404 g/mol. The van der Waals surface area contributed by atoms with E-state index in [0.29, 0.717) is 12.8 Å². The molecule has 2 aliphatic carbocycles. The maximum absolute atomic E-state index is 12.1. The molecule has 30 heavy (non-hydrogen) atoms. The highest BCUT2D eigenvalue weighted by atomic mass is 16.2. The van der Waals surface area contributed by atoms with Crippen LogP contribution in [0.15, 0.2) is 36.4 Å². The van der Waals surface area contributed by atoms with E-state index < -0.39 is 11.8 Å². The lowest BCUT2D eigenvalue weighted by Gasteiger charge is -2.16. The summed E-state index contributed by atoms with van der Waals surface area (Å²) in [6.07, 6.45) is 4.58. The number of hydrogen-bond acceptors (Lipinski definition) is 4. The van der Waals surface area contributed by atoms with Crippen LogP contribution in [-0.2, 0) is 35.5 Å². The summed E-state index contributed by atoms with van der Waals surface area (Å²) < 4.78 is 0. The van der Waals surface area contributed by atoms with Gasteiger partial charge in [0.15, 0.2) is 11.6 Å². The smallest absolute Gasteiger partial charge is 0.309 e. The number of hydrogen-bond donors (Lipinski definition) is 2. The van der Waals surface area contributed by atoms with Gasteiger partial charge >= 0.3 is 11.8 Å². The van der Waals surface area contributed by atoms with Crippen LogP contribution in [0.5, 0.6) is 0 Å². The molecule has 0 aromatic heterocycles. The molecule has 2 aliphatic rings. The van der Waals surface area contributed by atoms with Gasteiger partial charge in [-0.15, -0.1) is 0 Å². The van der Waals surface area contributed by atoms with Gasteiger partial charge in [-0.25, -0.2) is 0 Å². The number of ketones is 2. The first-order chi connectivity index (χ1) is 14.5. The second-order valence-corrected chi connectivity index (χ2v) is 7.90. The summed E-state index contributed by atoms with van der Waals surface area (Å²) in [5.41, 5.74) is 5.27. The van der Waals surface area contributed by atoms with Crippen LogP contribution in [0.4, 0.5) is 0 Å². The van der Waals surface area contributed by atoms with Gasteiger partial charge < -0.3 is 10.6 Å². The molecule has 6 heteroatoms. The highest BCUT2D eigenvalue weighted by Gasteiger charge is 2.19. The van der Waals surface area contributed by atoms with E-state index in [2.05, 4.69) is 10.6 Å². The molecule has 0 unspecified atom stereocenters. The lowest BCUT2D eigenvalue weighted by Crippen LogP contribution is -2.39. The van der Waals surface area contributed by atoms with Gasteiger partial charge in [-0.1, -0.05) is 36.4 Å². The topological polar surface area (TPSA) is 92.3 Å². The molecule has 0 aliphatic heterocycles. The summed E-state index contributed by atoms with van der Waals surface area (Å²) in [5, 5.41) is 5.26. The Bertz CT molecular complexity index is 958. The first kappa shape index (κ1) is 20.0. The van der Waals surface area contributed by atoms with Crippen LogP contribution < -0.4 is 10.6 Å². The Morgan fingerprint density at radius 1 is 0.667 bits per heavy atom. The number of nitrogens with one attached hydrogen (secondary N) is 2. The molecule has 2 amide bonds. The fourth-order valence-electron chi connectivity index (χ4n) is 4.15. The van der Waals surface area contributed by atoms with Crippen LogP contribution in [0.3, 0.4) is 0 Å². The van der Waals surface area contributed by atoms with Crippen molar-refractivity contribution in [3.63, 3.8) is 0 Å². The third-order valence-corrected chi connectivity index (χ3v) is 5.75. The summed E-state index contributed by atoms with van der Waals surface area (Å²) in [7, 11) is 0. The number of aryl methyl sites for hydroxylation is 2. The fraction of sp³-hybridized carbons (Fsp3) is 0.333. The molecule has 154 valence electrons. The van der Waals surface area contributed by atoms with E-state index >= 15 is 0 Å². The number of benzene rings is 2. The minimum Gasteiger partial charge on any atom is -0.344 e. The summed E-state index contributed by atoms with van der Waals surface area (Å²) >= 11 is 0. The Kier molecular flexibility index (Phi) is 5.74. The normalized spacial score (nSPS) is 15.2. The van der Waals surface area contributed by atoms with E-state index in [1.807, 2.05) is 24.3 Å². The van der Waals surface area contributed by atoms with Crippen molar-refractivity contribution in [2.75, 3.05) is 0 Å². The summed E-state index contributed by atoms with van der Waals surface area (Å²) in [6.45, 7) is 0.462. The Balaban J connectivity index is 1.30. The third-order valence-electron chi connectivity index (χ3n) is 5.75. The van der Waals surface area contributed by atoms with Crippen molar-refractivity contribution in [2.24, 2.45) is 0 Å². The van der Waals surface area contributed by atoms with E-state index in [1.165, 1.54) is 0 Å². The van der Waals surface area contributed by atoms with Crippen LogP contribution >= 0.6 is 0 Å². The Hall–Kier alpha value is -3.28. The van der Waals surface area contributed by atoms with Crippen LogP contribution in [0, 0.1) is 0 Å². The van der Waals surface area contributed by atoms with E-state index in [-0.39, 0.29) is 24.7 Å². The number of amides is 2. The highest BCUT2D eigenvalue weighted by Crippen LogP contribution is 2.23. The Labute approximate surface area is 175 Å². The first-order valence-corrected chi connectivity index (χ1v) is 10.4. The summed E-state index contributed by atoms with van der Waals surface area (Å²) in [5.74, 6) is -1.07. The van der Waals surface area contributed by atoms with Crippen molar-refractivity contribution in [3.8, 4) is 0 Å². The quantitative estimate of drug-likeness (QED) is 0.767. The minimum absolute atomic E-state index is 0.165. The molecule has 2 aromatic rings. The molecular formula is C24H24N2O4. The zero-order chi connectivity index (χ0) is 21.1. The van der Waals surface area contributed by atoms with Gasteiger partial charge in [0.2, 0.25) is 0 Å². The number of Topliss-reactive ketones (excluding diaryl/α,β-unsaturated/α-hetero) is 2. The average molecular weight is 404 g/mol. The molecule has 0 heterocycles. The van der Waals surface area contributed by atoms with Crippen molar-refractivity contribution in [1.29, 1.82) is 0 Å². The van der Waals surface area contributed by atoms with Gasteiger partial charge in [0.25, 0.3) is 0 Å². The van der Waals surface area contributed by atoms with Gasteiger partial charge in [-0.05, 0) is 47.9 Å². The van der Waals surface area contributed by atoms with E-state index in [1.54, 1.807) is 12.1 Å². The van der Waals surface area contributed by atoms with Gasteiger partial charge in [-0.2, -0.15) is 0 Å². The number of carbonyl (C=O) groups is 4. The van der Waals surface area contributed by atoms with Crippen LogP contribution in [0.1, 0.15) is 68.7 Å². The molecule has 0 saturated heterocycles. The van der Waals surface area contributed by atoms with Gasteiger partial charge in [0, 0.05) is 37.1 Å². The molecule has 2 N–H and O–H groups in total. The third kappa shape index (κ3) is 4.32.